The second-order valence-electron chi connectivity index (χ2n) is 6.85. The predicted octanol–water partition coefficient (Wildman–Crippen LogP) is 3.30. The molecular weight excluding hydrogens is 330 g/mol. The summed E-state index contributed by atoms with van der Waals surface area (Å²) in [6.07, 6.45) is 2.56. The average Bonchev–Trinajstić information content (AvgIpc) is 3.22. The van der Waals surface area contributed by atoms with Gasteiger partial charge in [-0.3, -0.25) is 4.79 Å². The zero-order valence-electron chi connectivity index (χ0n) is 15.1. The quantitative estimate of drug-likeness (QED) is 0.827. The number of carbonyl (C=O) groups is 1. The van der Waals surface area contributed by atoms with Gasteiger partial charge in [0, 0.05) is 30.9 Å². The zero-order chi connectivity index (χ0) is 17.6. The van der Waals surface area contributed by atoms with Crippen LogP contribution in [0.25, 0.3) is 0 Å². The van der Waals surface area contributed by atoms with Gasteiger partial charge in [0.1, 0.15) is 0 Å². The molecule has 1 amide bonds. The highest BCUT2D eigenvalue weighted by atomic mass is 32.1. The van der Waals surface area contributed by atoms with Crippen LogP contribution in [0.15, 0.2) is 29.8 Å². The summed E-state index contributed by atoms with van der Waals surface area (Å²) in [6, 6.07) is 8.70. The number of likely N-dealkylation sites (tertiary alicyclic amines) is 1. The molecule has 1 aromatic heterocycles. The van der Waals surface area contributed by atoms with Gasteiger partial charge in [-0.1, -0.05) is 24.3 Å². The van der Waals surface area contributed by atoms with Gasteiger partial charge in [0.25, 0.3) is 0 Å². The van der Waals surface area contributed by atoms with E-state index in [4.69, 9.17) is 0 Å². The van der Waals surface area contributed by atoms with E-state index in [0.29, 0.717) is 12.3 Å². The van der Waals surface area contributed by atoms with Crippen LogP contribution in [-0.2, 0) is 11.2 Å². The number of rotatable bonds is 7. The highest BCUT2D eigenvalue weighted by molar-refractivity contribution is 7.09. The number of aryl methyl sites for hydroxylation is 3. The second kappa shape index (κ2) is 8.59. The van der Waals surface area contributed by atoms with Crippen molar-refractivity contribution in [3.8, 4) is 0 Å². The summed E-state index contributed by atoms with van der Waals surface area (Å²) in [6.45, 7) is 8.09. The Balaban J connectivity index is 1.36. The monoisotopic (exact) mass is 357 g/mol. The molecule has 0 aliphatic carbocycles. The van der Waals surface area contributed by atoms with Crippen LogP contribution in [0, 0.1) is 13.8 Å². The minimum absolute atomic E-state index is 0.141. The standard InChI is InChI=1S/C20H27N3OS/c1-15-5-3-4-6-18(15)17-9-11-23(13-17)12-10-21-20(24)8-7-19-16(2)22-14-25-19/h3-6,14,17H,7-13H2,1-2H3,(H,21,24)/t17-/m1/s1. The molecule has 1 fully saturated rings. The first-order valence-electron chi connectivity index (χ1n) is 9.07. The van der Waals surface area contributed by atoms with Crippen molar-refractivity contribution in [2.24, 2.45) is 0 Å². The number of thiazole rings is 1. The van der Waals surface area contributed by atoms with Gasteiger partial charge in [-0.2, -0.15) is 0 Å². The number of nitrogens with one attached hydrogen (secondary N) is 1. The highest BCUT2D eigenvalue weighted by Gasteiger charge is 2.24. The predicted molar refractivity (Wildman–Crippen MR) is 103 cm³/mol. The molecule has 0 spiro atoms. The van der Waals surface area contributed by atoms with Crippen molar-refractivity contribution in [1.29, 1.82) is 0 Å². The topological polar surface area (TPSA) is 45.2 Å². The third kappa shape index (κ3) is 4.89. The Morgan fingerprint density at radius 1 is 1.36 bits per heavy atom. The smallest absolute Gasteiger partial charge is 0.220 e. The Kier molecular flexibility index (Phi) is 6.21. The lowest BCUT2D eigenvalue weighted by Gasteiger charge is -2.17. The maximum Gasteiger partial charge on any atom is 0.220 e. The number of nitrogens with zero attached hydrogens (tertiary/aromatic N) is 2. The van der Waals surface area contributed by atoms with E-state index in [1.165, 1.54) is 22.4 Å². The highest BCUT2D eigenvalue weighted by Crippen LogP contribution is 2.28. The van der Waals surface area contributed by atoms with Crippen LogP contribution in [-0.4, -0.2) is 42.0 Å². The maximum absolute atomic E-state index is 12.0. The summed E-state index contributed by atoms with van der Waals surface area (Å²) in [5, 5.41) is 3.06. The van der Waals surface area contributed by atoms with Crippen LogP contribution in [0.1, 0.15) is 40.5 Å². The van der Waals surface area contributed by atoms with E-state index < -0.39 is 0 Å². The Labute approximate surface area is 154 Å². The molecule has 1 aliphatic heterocycles. The number of hydrogen-bond donors (Lipinski definition) is 1. The van der Waals surface area contributed by atoms with Gasteiger partial charge in [-0.15, -0.1) is 11.3 Å². The molecule has 0 bridgehead atoms. The fraction of sp³-hybridized carbons (Fsp3) is 0.500. The first-order valence-corrected chi connectivity index (χ1v) is 9.95. The zero-order valence-corrected chi connectivity index (χ0v) is 15.9. The van der Waals surface area contributed by atoms with Crippen LogP contribution in [0.3, 0.4) is 0 Å². The van der Waals surface area contributed by atoms with Gasteiger partial charge in [0.15, 0.2) is 0 Å². The lowest BCUT2D eigenvalue weighted by molar-refractivity contribution is -0.121. The second-order valence-corrected chi connectivity index (χ2v) is 7.79. The number of benzene rings is 1. The first-order chi connectivity index (χ1) is 12.1. The molecule has 134 valence electrons. The van der Waals surface area contributed by atoms with Crippen molar-refractivity contribution in [3.05, 3.63) is 51.5 Å². The van der Waals surface area contributed by atoms with E-state index in [-0.39, 0.29) is 5.91 Å². The molecule has 1 atom stereocenters. The van der Waals surface area contributed by atoms with Gasteiger partial charge < -0.3 is 10.2 Å². The van der Waals surface area contributed by atoms with Crippen molar-refractivity contribution in [2.45, 2.75) is 39.0 Å². The third-order valence-corrected chi connectivity index (χ3v) is 6.07. The largest absolute Gasteiger partial charge is 0.355 e. The molecule has 1 aromatic carbocycles. The summed E-state index contributed by atoms with van der Waals surface area (Å²) in [7, 11) is 0. The molecule has 1 N–H and O–H groups in total. The maximum atomic E-state index is 12.0. The first kappa shape index (κ1) is 18.1. The molecule has 3 rings (SSSR count). The van der Waals surface area contributed by atoms with Gasteiger partial charge in [0.2, 0.25) is 5.91 Å². The summed E-state index contributed by atoms with van der Waals surface area (Å²) >= 11 is 1.64. The minimum atomic E-state index is 0.141. The molecule has 1 aliphatic rings. The fourth-order valence-electron chi connectivity index (χ4n) is 3.57. The van der Waals surface area contributed by atoms with Gasteiger partial charge in [0.05, 0.1) is 11.2 Å². The number of hydrogen-bond acceptors (Lipinski definition) is 4. The van der Waals surface area contributed by atoms with Crippen LogP contribution < -0.4 is 5.32 Å². The third-order valence-electron chi connectivity index (χ3n) is 5.07. The molecule has 1 saturated heterocycles. The molecule has 4 nitrogen and oxygen atoms in total. The normalized spacial score (nSPS) is 17.8. The SMILES string of the molecule is Cc1ccccc1[C@@H]1CCN(CCNC(=O)CCc2scnc2C)C1. The fourth-order valence-corrected chi connectivity index (χ4v) is 4.35. The lowest BCUT2D eigenvalue weighted by atomic mass is 9.94. The van der Waals surface area contributed by atoms with Crippen LogP contribution >= 0.6 is 11.3 Å². The van der Waals surface area contributed by atoms with E-state index in [0.717, 1.165) is 38.3 Å². The summed E-state index contributed by atoms with van der Waals surface area (Å²) in [4.78, 5) is 19.9. The van der Waals surface area contributed by atoms with E-state index in [2.05, 4.69) is 46.4 Å². The number of aromatic nitrogens is 1. The van der Waals surface area contributed by atoms with Crippen molar-refractivity contribution < 1.29 is 4.79 Å². The number of carbonyl (C=O) groups excluding carboxylic acids is 1. The van der Waals surface area contributed by atoms with Crippen molar-refractivity contribution >= 4 is 17.2 Å². The van der Waals surface area contributed by atoms with Crippen molar-refractivity contribution in [3.63, 3.8) is 0 Å². The molecule has 2 aromatic rings. The van der Waals surface area contributed by atoms with Gasteiger partial charge in [-0.25, -0.2) is 4.98 Å². The van der Waals surface area contributed by atoms with E-state index in [1.807, 2.05) is 12.4 Å². The minimum Gasteiger partial charge on any atom is -0.355 e. The van der Waals surface area contributed by atoms with E-state index in [9.17, 15) is 4.79 Å². The molecule has 0 unspecified atom stereocenters. The van der Waals surface area contributed by atoms with Crippen LogP contribution in [0.2, 0.25) is 0 Å². The average molecular weight is 358 g/mol. The Bertz CT molecular complexity index is 712. The summed E-state index contributed by atoms with van der Waals surface area (Å²) < 4.78 is 0. The molecule has 5 heteroatoms. The summed E-state index contributed by atoms with van der Waals surface area (Å²) in [5.41, 5.74) is 5.77. The Morgan fingerprint density at radius 2 is 2.20 bits per heavy atom. The molecule has 0 radical (unpaired) electrons. The lowest BCUT2D eigenvalue weighted by Crippen LogP contribution is -2.33. The summed E-state index contributed by atoms with van der Waals surface area (Å²) in [5.74, 6) is 0.772. The molecule has 2 heterocycles. The number of amides is 1. The molecule has 0 saturated carbocycles. The Morgan fingerprint density at radius 3 is 2.96 bits per heavy atom. The van der Waals surface area contributed by atoms with Crippen molar-refractivity contribution in [1.82, 2.24) is 15.2 Å². The van der Waals surface area contributed by atoms with Crippen LogP contribution in [0.5, 0.6) is 0 Å². The van der Waals surface area contributed by atoms with Gasteiger partial charge in [-0.05, 0) is 50.3 Å². The Hall–Kier alpha value is -1.72. The van der Waals surface area contributed by atoms with Crippen molar-refractivity contribution in [2.75, 3.05) is 26.2 Å². The molecule has 25 heavy (non-hydrogen) atoms. The van der Waals surface area contributed by atoms with E-state index in [1.54, 1.807) is 11.3 Å². The van der Waals surface area contributed by atoms with Crippen LogP contribution in [0.4, 0.5) is 0 Å². The molecular formula is C20H27N3OS. The van der Waals surface area contributed by atoms with Gasteiger partial charge >= 0.3 is 0 Å². The van der Waals surface area contributed by atoms with E-state index >= 15 is 0 Å².